The highest BCUT2D eigenvalue weighted by atomic mass is 19.1. The van der Waals surface area contributed by atoms with Crippen LogP contribution in [0.2, 0.25) is 0 Å². The lowest BCUT2D eigenvalue weighted by atomic mass is 10.0. The van der Waals surface area contributed by atoms with E-state index in [1.54, 1.807) is 6.20 Å². The minimum atomic E-state index is -0.547. The number of halogens is 2. The largest absolute Gasteiger partial charge is 0.335 e. The number of nitrogens with zero attached hydrogens (tertiary/aromatic N) is 2. The molecule has 0 aliphatic heterocycles. The third-order valence-electron chi connectivity index (χ3n) is 3.46. The summed E-state index contributed by atoms with van der Waals surface area (Å²) >= 11 is 0. The van der Waals surface area contributed by atoms with E-state index in [1.807, 2.05) is 13.2 Å². The minimum absolute atomic E-state index is 0.0580. The number of imidazole rings is 1. The molecule has 0 spiro atoms. The molecule has 3 nitrogen and oxygen atoms in total. The lowest BCUT2D eigenvalue weighted by molar-refractivity contribution is 0.506. The third-order valence-corrected chi connectivity index (χ3v) is 3.46. The topological polar surface area (TPSA) is 29.9 Å². The molecule has 0 radical (unpaired) electrons. The summed E-state index contributed by atoms with van der Waals surface area (Å²) in [5.41, 5.74) is 0.514. The summed E-state index contributed by atoms with van der Waals surface area (Å²) < 4.78 is 28.6. The molecule has 2 aromatic rings. The van der Waals surface area contributed by atoms with Gasteiger partial charge < -0.3 is 9.88 Å². The Balaban J connectivity index is 2.09. The summed E-state index contributed by atoms with van der Waals surface area (Å²) in [6.45, 7) is 2.91. The van der Waals surface area contributed by atoms with Crippen molar-refractivity contribution in [3.05, 3.63) is 53.6 Å². The van der Waals surface area contributed by atoms with Gasteiger partial charge in [0.15, 0.2) is 0 Å². The Morgan fingerprint density at radius 1 is 1.30 bits per heavy atom. The van der Waals surface area contributed by atoms with Gasteiger partial charge in [-0.25, -0.2) is 13.8 Å². The molecule has 1 aromatic heterocycles. The van der Waals surface area contributed by atoms with Crippen LogP contribution in [0, 0.1) is 11.6 Å². The smallest absolute Gasteiger partial charge is 0.129 e. The number of hydrogen-bond donors (Lipinski definition) is 1. The molecule has 0 aliphatic rings. The standard InChI is InChI=1S/C15H19F2N3/c1-3-20-7-6-19-15(20)10-13(18-2)8-11-4-5-12(16)9-14(11)17/h4-7,9,13,18H,3,8,10H2,1-2H3. The zero-order valence-corrected chi connectivity index (χ0v) is 11.7. The van der Waals surface area contributed by atoms with E-state index in [9.17, 15) is 8.78 Å². The van der Waals surface area contributed by atoms with Gasteiger partial charge in [-0.2, -0.15) is 0 Å². The molecule has 2 rings (SSSR count). The van der Waals surface area contributed by atoms with Crippen LogP contribution in [0.3, 0.4) is 0 Å². The Morgan fingerprint density at radius 2 is 2.10 bits per heavy atom. The predicted octanol–water partition coefficient (Wildman–Crippen LogP) is 2.55. The fourth-order valence-corrected chi connectivity index (χ4v) is 2.27. The van der Waals surface area contributed by atoms with E-state index in [0.29, 0.717) is 18.4 Å². The highest BCUT2D eigenvalue weighted by Crippen LogP contribution is 2.13. The Labute approximate surface area is 117 Å². The molecule has 0 fully saturated rings. The Hall–Kier alpha value is -1.75. The van der Waals surface area contributed by atoms with Crippen LogP contribution in [0.4, 0.5) is 8.78 Å². The van der Waals surface area contributed by atoms with Gasteiger partial charge in [0.1, 0.15) is 17.5 Å². The fourth-order valence-electron chi connectivity index (χ4n) is 2.27. The molecular weight excluding hydrogens is 260 g/mol. The highest BCUT2D eigenvalue weighted by molar-refractivity contribution is 5.20. The van der Waals surface area contributed by atoms with Gasteiger partial charge in [0.25, 0.3) is 0 Å². The minimum Gasteiger partial charge on any atom is -0.335 e. The van der Waals surface area contributed by atoms with E-state index in [4.69, 9.17) is 0 Å². The molecule has 1 unspecified atom stereocenters. The van der Waals surface area contributed by atoms with Crippen molar-refractivity contribution < 1.29 is 8.78 Å². The van der Waals surface area contributed by atoms with Gasteiger partial charge in [-0.05, 0) is 32.0 Å². The molecule has 20 heavy (non-hydrogen) atoms. The molecular formula is C15H19F2N3. The summed E-state index contributed by atoms with van der Waals surface area (Å²) in [5.74, 6) is -0.0766. The van der Waals surface area contributed by atoms with Gasteiger partial charge in [-0.1, -0.05) is 6.07 Å². The van der Waals surface area contributed by atoms with Crippen molar-refractivity contribution in [1.82, 2.24) is 14.9 Å². The van der Waals surface area contributed by atoms with Crippen LogP contribution in [0.1, 0.15) is 18.3 Å². The second kappa shape index (κ2) is 6.61. The first kappa shape index (κ1) is 14.7. The molecule has 0 amide bonds. The molecule has 108 valence electrons. The van der Waals surface area contributed by atoms with Crippen molar-refractivity contribution in [2.24, 2.45) is 0 Å². The van der Waals surface area contributed by atoms with Crippen LogP contribution in [0.5, 0.6) is 0 Å². The van der Waals surface area contributed by atoms with E-state index in [2.05, 4.69) is 21.8 Å². The highest BCUT2D eigenvalue weighted by Gasteiger charge is 2.14. The van der Waals surface area contributed by atoms with Gasteiger partial charge in [-0.15, -0.1) is 0 Å². The van der Waals surface area contributed by atoms with Crippen LogP contribution >= 0.6 is 0 Å². The lowest BCUT2D eigenvalue weighted by Gasteiger charge is -2.17. The van der Waals surface area contributed by atoms with Crippen molar-refractivity contribution >= 4 is 0 Å². The van der Waals surface area contributed by atoms with Crippen LogP contribution in [-0.4, -0.2) is 22.6 Å². The summed E-state index contributed by atoms with van der Waals surface area (Å²) in [4.78, 5) is 4.32. The molecule has 0 saturated heterocycles. The maximum Gasteiger partial charge on any atom is 0.129 e. The summed E-state index contributed by atoms with van der Waals surface area (Å²) in [7, 11) is 1.84. The molecule has 0 bridgehead atoms. The monoisotopic (exact) mass is 279 g/mol. The number of rotatable bonds is 6. The quantitative estimate of drug-likeness (QED) is 0.880. The number of likely N-dealkylation sites (N-methyl/N-ethyl adjacent to an activating group) is 1. The van der Waals surface area contributed by atoms with Gasteiger partial charge >= 0.3 is 0 Å². The van der Waals surface area contributed by atoms with E-state index in [1.165, 1.54) is 12.1 Å². The first-order chi connectivity index (χ1) is 9.63. The maximum atomic E-state index is 13.7. The van der Waals surface area contributed by atoms with Crippen molar-refractivity contribution in [3.63, 3.8) is 0 Å². The molecule has 5 heteroatoms. The lowest BCUT2D eigenvalue weighted by Crippen LogP contribution is -2.31. The van der Waals surface area contributed by atoms with Crippen molar-refractivity contribution in [2.75, 3.05) is 7.05 Å². The van der Waals surface area contributed by atoms with Crippen molar-refractivity contribution in [2.45, 2.75) is 32.4 Å². The molecule has 1 N–H and O–H groups in total. The zero-order chi connectivity index (χ0) is 14.5. The van der Waals surface area contributed by atoms with Gasteiger partial charge in [0.05, 0.1) is 0 Å². The SMILES string of the molecule is CCn1ccnc1CC(Cc1ccc(F)cc1F)NC. The van der Waals surface area contributed by atoms with Gasteiger partial charge in [0, 0.05) is 37.5 Å². The molecule has 0 saturated carbocycles. The maximum absolute atomic E-state index is 13.7. The summed E-state index contributed by atoms with van der Waals surface area (Å²) in [5, 5.41) is 3.17. The van der Waals surface area contributed by atoms with Crippen LogP contribution < -0.4 is 5.32 Å². The van der Waals surface area contributed by atoms with Gasteiger partial charge in [-0.3, -0.25) is 0 Å². The van der Waals surface area contributed by atoms with Crippen molar-refractivity contribution in [1.29, 1.82) is 0 Å². The Bertz CT molecular complexity index is 566. The Morgan fingerprint density at radius 3 is 2.75 bits per heavy atom. The molecule has 1 heterocycles. The average molecular weight is 279 g/mol. The van der Waals surface area contributed by atoms with Crippen LogP contribution in [0.25, 0.3) is 0 Å². The number of benzene rings is 1. The summed E-state index contributed by atoms with van der Waals surface area (Å²) in [6.07, 6.45) is 4.90. The van der Waals surface area contributed by atoms with E-state index in [0.717, 1.165) is 18.4 Å². The third kappa shape index (κ3) is 3.42. The fraction of sp³-hybridized carbons (Fsp3) is 0.400. The number of aromatic nitrogens is 2. The predicted molar refractivity (Wildman–Crippen MR) is 74.5 cm³/mol. The number of nitrogens with one attached hydrogen (secondary N) is 1. The first-order valence-corrected chi connectivity index (χ1v) is 6.75. The van der Waals surface area contributed by atoms with Gasteiger partial charge in [0.2, 0.25) is 0 Å². The zero-order valence-electron chi connectivity index (χ0n) is 11.7. The molecule has 1 atom stereocenters. The second-order valence-electron chi connectivity index (χ2n) is 4.76. The molecule has 1 aromatic carbocycles. The van der Waals surface area contributed by atoms with E-state index in [-0.39, 0.29) is 6.04 Å². The normalized spacial score (nSPS) is 12.6. The average Bonchev–Trinajstić information content (AvgIpc) is 2.88. The molecule has 0 aliphatic carbocycles. The Kier molecular flexibility index (Phi) is 4.84. The van der Waals surface area contributed by atoms with E-state index < -0.39 is 11.6 Å². The first-order valence-electron chi connectivity index (χ1n) is 6.75. The van der Waals surface area contributed by atoms with E-state index >= 15 is 0 Å². The number of hydrogen-bond acceptors (Lipinski definition) is 2. The number of aryl methyl sites for hydroxylation is 1. The van der Waals surface area contributed by atoms with Crippen molar-refractivity contribution in [3.8, 4) is 0 Å². The van der Waals surface area contributed by atoms with Crippen LogP contribution in [-0.2, 0) is 19.4 Å². The summed E-state index contributed by atoms with van der Waals surface area (Å²) in [6, 6.07) is 3.77. The van der Waals surface area contributed by atoms with Crippen LogP contribution in [0.15, 0.2) is 30.6 Å². The second-order valence-corrected chi connectivity index (χ2v) is 4.76.